The second kappa shape index (κ2) is 7.72. The first-order chi connectivity index (χ1) is 9.77. The summed E-state index contributed by atoms with van der Waals surface area (Å²) in [4.78, 5) is 10.9. The molecule has 0 radical (unpaired) electrons. The predicted molar refractivity (Wildman–Crippen MR) is 77.2 cm³/mol. The van der Waals surface area contributed by atoms with Crippen LogP contribution in [0.3, 0.4) is 0 Å². The molecule has 8 heteroatoms. The minimum atomic E-state index is -4.31. The van der Waals surface area contributed by atoms with E-state index in [2.05, 4.69) is 0 Å². The van der Waals surface area contributed by atoms with Gasteiger partial charge in [-0.15, -0.1) is 0 Å². The van der Waals surface area contributed by atoms with Gasteiger partial charge in [0.15, 0.2) is 5.82 Å². The number of rotatable bonds is 7. The zero-order valence-corrected chi connectivity index (χ0v) is 13.1. The van der Waals surface area contributed by atoms with E-state index < -0.39 is 32.3 Å². The Morgan fingerprint density at radius 1 is 1.33 bits per heavy atom. The van der Waals surface area contributed by atoms with Crippen molar-refractivity contribution in [2.24, 2.45) is 5.14 Å². The zero-order valence-electron chi connectivity index (χ0n) is 11.6. The molecule has 0 amide bonds. The Kier molecular flexibility index (Phi) is 6.57. The summed E-state index contributed by atoms with van der Waals surface area (Å²) in [6.07, 6.45) is 3.60. The maximum absolute atomic E-state index is 14.0. The molecule has 1 aromatic carbocycles. The van der Waals surface area contributed by atoms with E-state index >= 15 is 0 Å². The van der Waals surface area contributed by atoms with Gasteiger partial charge >= 0.3 is 5.97 Å². The van der Waals surface area contributed by atoms with Crippen LogP contribution in [0.1, 0.15) is 43.0 Å². The van der Waals surface area contributed by atoms with Crippen molar-refractivity contribution in [2.75, 3.05) is 6.61 Å². The number of carbonyl (C=O) groups excluding carboxylic acids is 1. The Bertz CT molecular complexity index is 619. The maximum atomic E-state index is 14.0. The van der Waals surface area contributed by atoms with E-state index in [1.54, 1.807) is 0 Å². The minimum absolute atomic E-state index is 0.113. The molecule has 0 aliphatic heterocycles. The number of ether oxygens (including phenoxy) is 1. The number of benzene rings is 1. The lowest BCUT2D eigenvalue weighted by Gasteiger charge is -2.08. The highest BCUT2D eigenvalue weighted by Gasteiger charge is 2.23. The Hall–Kier alpha value is -1.18. The predicted octanol–water partition coefficient (Wildman–Crippen LogP) is 2.86. The number of sulfonamides is 1. The van der Waals surface area contributed by atoms with Gasteiger partial charge in [-0.05, 0) is 18.6 Å². The van der Waals surface area contributed by atoms with E-state index in [4.69, 9.17) is 21.5 Å². The van der Waals surface area contributed by atoms with Crippen LogP contribution in [0, 0.1) is 5.82 Å². The number of esters is 1. The van der Waals surface area contributed by atoms with E-state index in [9.17, 15) is 17.6 Å². The van der Waals surface area contributed by atoms with Crippen molar-refractivity contribution in [1.82, 2.24) is 0 Å². The van der Waals surface area contributed by atoms with Crippen LogP contribution in [0.2, 0.25) is 5.02 Å². The normalized spacial score (nSPS) is 11.4. The Morgan fingerprint density at radius 2 is 2.00 bits per heavy atom. The smallest absolute Gasteiger partial charge is 0.341 e. The second-order valence-electron chi connectivity index (χ2n) is 4.51. The number of unbranched alkanes of at least 4 members (excludes halogenated alkanes) is 3. The summed E-state index contributed by atoms with van der Waals surface area (Å²) >= 11 is 5.68. The van der Waals surface area contributed by atoms with Gasteiger partial charge in [-0.2, -0.15) is 0 Å². The van der Waals surface area contributed by atoms with E-state index in [1.165, 1.54) is 0 Å². The van der Waals surface area contributed by atoms with E-state index in [-0.39, 0.29) is 11.6 Å². The van der Waals surface area contributed by atoms with Gasteiger partial charge in [0, 0.05) is 5.02 Å². The molecule has 0 saturated carbocycles. The first-order valence-electron chi connectivity index (χ1n) is 6.46. The lowest BCUT2D eigenvalue weighted by molar-refractivity contribution is 0.0492. The van der Waals surface area contributed by atoms with Crippen LogP contribution < -0.4 is 5.14 Å². The molecule has 0 fully saturated rings. The van der Waals surface area contributed by atoms with Crippen LogP contribution in [0.4, 0.5) is 4.39 Å². The van der Waals surface area contributed by atoms with E-state index in [1.807, 2.05) is 6.92 Å². The number of carbonyl (C=O) groups is 1. The number of primary sulfonamides is 1. The summed E-state index contributed by atoms with van der Waals surface area (Å²) < 4.78 is 41.4. The summed E-state index contributed by atoms with van der Waals surface area (Å²) in [5, 5.41) is 4.76. The van der Waals surface area contributed by atoms with Gasteiger partial charge in [-0.3, -0.25) is 0 Å². The summed E-state index contributed by atoms with van der Waals surface area (Å²) in [5.41, 5.74) is -0.540. The van der Waals surface area contributed by atoms with Gasteiger partial charge in [-0.25, -0.2) is 22.7 Å². The number of hydrogen-bond donors (Lipinski definition) is 1. The van der Waals surface area contributed by atoms with E-state index in [0.717, 1.165) is 31.4 Å². The third-order valence-electron chi connectivity index (χ3n) is 2.76. The highest BCUT2D eigenvalue weighted by atomic mass is 35.5. The van der Waals surface area contributed by atoms with Crippen LogP contribution in [-0.2, 0) is 14.8 Å². The van der Waals surface area contributed by atoms with Crippen molar-refractivity contribution >= 4 is 27.6 Å². The first-order valence-corrected chi connectivity index (χ1v) is 8.38. The third-order valence-corrected chi connectivity index (χ3v) is 3.89. The molecule has 0 aromatic heterocycles. The van der Waals surface area contributed by atoms with E-state index in [0.29, 0.717) is 6.42 Å². The van der Waals surface area contributed by atoms with Crippen molar-refractivity contribution in [3.63, 3.8) is 0 Å². The summed E-state index contributed by atoms with van der Waals surface area (Å²) in [7, 11) is -4.31. The average Bonchev–Trinajstić information content (AvgIpc) is 2.39. The Balaban J connectivity index is 2.88. The highest BCUT2D eigenvalue weighted by molar-refractivity contribution is 7.89. The molecular weight excluding hydrogens is 321 g/mol. The standard InChI is InChI=1S/C13H17ClFNO4S/c1-2-3-4-5-6-20-13(17)10-7-9(14)8-11(12(10)15)21(16,18)19/h7-8H,2-6H2,1H3,(H2,16,18,19). The largest absolute Gasteiger partial charge is 0.462 e. The molecular formula is C13H17ClFNO4S. The molecule has 118 valence electrons. The fourth-order valence-corrected chi connectivity index (χ4v) is 2.63. The van der Waals surface area contributed by atoms with Gasteiger partial charge in [-0.1, -0.05) is 37.8 Å². The number of halogens is 2. The van der Waals surface area contributed by atoms with Gasteiger partial charge in [0.05, 0.1) is 12.2 Å². The van der Waals surface area contributed by atoms with Crippen molar-refractivity contribution in [3.05, 3.63) is 28.5 Å². The molecule has 5 nitrogen and oxygen atoms in total. The summed E-state index contributed by atoms with van der Waals surface area (Å²) in [5.74, 6) is -2.21. The van der Waals surface area contributed by atoms with Crippen molar-refractivity contribution in [3.8, 4) is 0 Å². The van der Waals surface area contributed by atoms with Gasteiger partial charge in [0.25, 0.3) is 0 Å². The minimum Gasteiger partial charge on any atom is -0.462 e. The van der Waals surface area contributed by atoms with Gasteiger partial charge < -0.3 is 4.74 Å². The molecule has 0 spiro atoms. The SMILES string of the molecule is CCCCCCOC(=O)c1cc(Cl)cc(S(N)(=O)=O)c1F. The van der Waals surface area contributed by atoms with Crippen LogP contribution in [-0.4, -0.2) is 21.0 Å². The Morgan fingerprint density at radius 3 is 2.57 bits per heavy atom. The van der Waals surface area contributed by atoms with Crippen LogP contribution >= 0.6 is 11.6 Å². The maximum Gasteiger partial charge on any atom is 0.341 e. The van der Waals surface area contributed by atoms with Crippen LogP contribution in [0.25, 0.3) is 0 Å². The topological polar surface area (TPSA) is 86.5 Å². The lowest BCUT2D eigenvalue weighted by Crippen LogP contribution is -2.17. The Labute approximate surface area is 128 Å². The molecule has 21 heavy (non-hydrogen) atoms. The zero-order chi connectivity index (χ0) is 16.0. The van der Waals surface area contributed by atoms with Crippen molar-refractivity contribution < 1.29 is 22.3 Å². The molecule has 0 aliphatic rings. The molecule has 0 saturated heterocycles. The van der Waals surface area contributed by atoms with Crippen molar-refractivity contribution in [2.45, 2.75) is 37.5 Å². The van der Waals surface area contributed by atoms with Crippen LogP contribution in [0.5, 0.6) is 0 Å². The lowest BCUT2D eigenvalue weighted by atomic mass is 10.2. The molecule has 2 N–H and O–H groups in total. The molecule has 0 unspecified atom stereocenters. The summed E-state index contributed by atoms with van der Waals surface area (Å²) in [6, 6.07) is 1.87. The molecule has 0 heterocycles. The quantitative estimate of drug-likeness (QED) is 0.612. The fourth-order valence-electron chi connectivity index (χ4n) is 1.69. The first kappa shape index (κ1) is 17.9. The van der Waals surface area contributed by atoms with Gasteiger partial charge in [0.2, 0.25) is 10.0 Å². The number of hydrogen-bond acceptors (Lipinski definition) is 4. The molecule has 0 atom stereocenters. The molecule has 0 aliphatic carbocycles. The second-order valence-corrected chi connectivity index (χ2v) is 6.47. The molecule has 1 rings (SSSR count). The monoisotopic (exact) mass is 337 g/mol. The number of nitrogens with two attached hydrogens (primary N) is 1. The van der Waals surface area contributed by atoms with Crippen molar-refractivity contribution in [1.29, 1.82) is 0 Å². The molecule has 0 bridgehead atoms. The average molecular weight is 338 g/mol. The third kappa shape index (κ3) is 5.26. The fraction of sp³-hybridized carbons (Fsp3) is 0.462. The highest BCUT2D eigenvalue weighted by Crippen LogP contribution is 2.23. The van der Waals surface area contributed by atoms with Gasteiger partial charge in [0.1, 0.15) is 4.90 Å². The van der Waals surface area contributed by atoms with Crippen LogP contribution in [0.15, 0.2) is 17.0 Å². The summed E-state index contributed by atoms with van der Waals surface area (Å²) in [6.45, 7) is 2.18. The molecule has 1 aromatic rings.